The van der Waals surface area contributed by atoms with Crippen molar-refractivity contribution in [2.45, 2.75) is 12.5 Å². The van der Waals surface area contributed by atoms with Crippen molar-refractivity contribution in [3.8, 4) is 0 Å². The van der Waals surface area contributed by atoms with Crippen LogP contribution in [0.4, 0.5) is 5.69 Å². The third-order valence-electron chi connectivity index (χ3n) is 3.32. The zero-order valence-electron chi connectivity index (χ0n) is 10.4. The number of carbonyl (C=O) groups excluding carboxylic acids is 1. The molecule has 0 aliphatic carbocycles. The van der Waals surface area contributed by atoms with Gasteiger partial charge in [0, 0.05) is 20.7 Å². The van der Waals surface area contributed by atoms with Crippen LogP contribution in [0.15, 0.2) is 40.9 Å². The van der Waals surface area contributed by atoms with Crippen LogP contribution in [0.3, 0.4) is 0 Å². The lowest BCUT2D eigenvalue weighted by Crippen LogP contribution is -2.03. The first-order chi connectivity index (χ1) is 9.54. The number of hydrogen-bond donors (Lipinski definition) is 2. The number of nitrogens with one attached hydrogen (secondary N) is 1. The maximum Gasteiger partial charge on any atom is 0.228 e. The SMILES string of the molecule is O=C1Cc2cc(C(O)c3cc(Cl)ccc3Br)ccc2N1. The van der Waals surface area contributed by atoms with Crippen molar-refractivity contribution in [3.05, 3.63) is 62.6 Å². The summed E-state index contributed by atoms with van der Waals surface area (Å²) < 4.78 is 0.795. The van der Waals surface area contributed by atoms with Gasteiger partial charge in [-0.25, -0.2) is 0 Å². The monoisotopic (exact) mass is 351 g/mol. The molecule has 0 saturated carbocycles. The second kappa shape index (κ2) is 5.20. The van der Waals surface area contributed by atoms with E-state index in [1.807, 2.05) is 18.2 Å². The van der Waals surface area contributed by atoms with E-state index in [9.17, 15) is 9.90 Å². The van der Waals surface area contributed by atoms with E-state index in [1.54, 1.807) is 18.2 Å². The van der Waals surface area contributed by atoms with Crippen molar-refractivity contribution in [2.24, 2.45) is 0 Å². The predicted octanol–water partition coefficient (Wildman–Crippen LogP) is 3.68. The highest BCUT2D eigenvalue weighted by Crippen LogP contribution is 2.33. The molecule has 0 bridgehead atoms. The summed E-state index contributed by atoms with van der Waals surface area (Å²) >= 11 is 9.39. The predicted molar refractivity (Wildman–Crippen MR) is 82.0 cm³/mol. The number of halogens is 2. The summed E-state index contributed by atoms with van der Waals surface area (Å²) in [6.07, 6.45) is -0.434. The highest BCUT2D eigenvalue weighted by Gasteiger charge is 2.21. The molecule has 2 aromatic carbocycles. The van der Waals surface area contributed by atoms with Crippen molar-refractivity contribution in [1.82, 2.24) is 0 Å². The summed E-state index contributed by atoms with van der Waals surface area (Å²) in [4.78, 5) is 11.4. The number of hydrogen-bond acceptors (Lipinski definition) is 2. The molecule has 1 heterocycles. The number of benzene rings is 2. The molecule has 1 amide bonds. The molecule has 1 unspecified atom stereocenters. The lowest BCUT2D eigenvalue weighted by atomic mass is 9.99. The van der Waals surface area contributed by atoms with Gasteiger partial charge >= 0.3 is 0 Å². The van der Waals surface area contributed by atoms with Crippen LogP contribution in [0.1, 0.15) is 22.8 Å². The van der Waals surface area contributed by atoms with Crippen LogP contribution < -0.4 is 5.32 Å². The van der Waals surface area contributed by atoms with E-state index in [0.29, 0.717) is 17.0 Å². The summed E-state index contributed by atoms with van der Waals surface area (Å²) in [5.74, 6) is -0.0180. The van der Waals surface area contributed by atoms with Crippen LogP contribution in [0.5, 0.6) is 0 Å². The molecular weight excluding hydrogens is 342 g/mol. The summed E-state index contributed by atoms with van der Waals surface area (Å²) in [6, 6.07) is 10.8. The summed E-state index contributed by atoms with van der Waals surface area (Å²) in [5, 5.41) is 13.8. The first kappa shape index (κ1) is 13.6. The van der Waals surface area contributed by atoms with Crippen LogP contribution in [0, 0.1) is 0 Å². The first-order valence-corrected chi connectivity index (χ1v) is 7.27. The van der Waals surface area contributed by atoms with Crippen LogP contribution in [0.25, 0.3) is 0 Å². The number of anilines is 1. The van der Waals surface area contributed by atoms with Crippen LogP contribution in [0.2, 0.25) is 5.02 Å². The average Bonchev–Trinajstić information content (AvgIpc) is 2.79. The second-order valence-electron chi connectivity index (χ2n) is 4.71. The Labute approximate surface area is 129 Å². The zero-order valence-corrected chi connectivity index (χ0v) is 12.7. The van der Waals surface area contributed by atoms with Crippen molar-refractivity contribution in [1.29, 1.82) is 0 Å². The minimum Gasteiger partial charge on any atom is -0.384 e. The smallest absolute Gasteiger partial charge is 0.228 e. The van der Waals surface area contributed by atoms with Gasteiger partial charge in [0.25, 0.3) is 0 Å². The fraction of sp³-hybridized carbons (Fsp3) is 0.133. The Balaban J connectivity index is 1.99. The van der Waals surface area contributed by atoms with Gasteiger partial charge < -0.3 is 10.4 Å². The second-order valence-corrected chi connectivity index (χ2v) is 6.00. The Bertz CT molecular complexity index is 702. The molecule has 3 rings (SSSR count). The van der Waals surface area contributed by atoms with Crippen LogP contribution in [-0.4, -0.2) is 11.0 Å². The van der Waals surface area contributed by atoms with E-state index < -0.39 is 6.10 Å². The molecule has 0 fully saturated rings. The minimum atomic E-state index is -0.788. The quantitative estimate of drug-likeness (QED) is 0.866. The molecule has 0 aromatic heterocycles. The minimum absolute atomic E-state index is 0.0180. The molecule has 1 atom stereocenters. The molecule has 3 nitrogen and oxygen atoms in total. The Morgan fingerprint density at radius 2 is 2.05 bits per heavy atom. The fourth-order valence-electron chi connectivity index (χ4n) is 2.32. The Morgan fingerprint density at radius 3 is 2.85 bits per heavy atom. The Hall–Kier alpha value is -1.36. The fourth-order valence-corrected chi connectivity index (χ4v) is 2.97. The Kier molecular flexibility index (Phi) is 3.54. The standard InChI is InChI=1S/C15H11BrClNO2/c16-12-3-2-10(17)7-11(12)15(20)8-1-4-13-9(5-8)6-14(19)18-13/h1-5,7,15,20H,6H2,(H,18,19). The molecule has 20 heavy (non-hydrogen) atoms. The maximum atomic E-state index is 11.4. The van der Waals surface area contributed by atoms with Gasteiger partial charge in [0.05, 0.1) is 6.42 Å². The molecule has 5 heteroatoms. The van der Waals surface area contributed by atoms with E-state index in [2.05, 4.69) is 21.2 Å². The normalized spacial score (nSPS) is 14.8. The topological polar surface area (TPSA) is 49.3 Å². The molecule has 2 aromatic rings. The van der Waals surface area contributed by atoms with Gasteiger partial charge in [-0.15, -0.1) is 0 Å². The largest absolute Gasteiger partial charge is 0.384 e. The van der Waals surface area contributed by atoms with E-state index >= 15 is 0 Å². The van der Waals surface area contributed by atoms with Crippen molar-refractivity contribution >= 4 is 39.1 Å². The number of carbonyl (C=O) groups is 1. The highest BCUT2D eigenvalue weighted by atomic mass is 79.9. The van der Waals surface area contributed by atoms with E-state index in [1.165, 1.54) is 0 Å². The van der Waals surface area contributed by atoms with E-state index in [4.69, 9.17) is 11.6 Å². The van der Waals surface area contributed by atoms with E-state index in [0.717, 1.165) is 21.3 Å². The molecule has 0 spiro atoms. The van der Waals surface area contributed by atoms with Gasteiger partial charge in [-0.2, -0.15) is 0 Å². The molecule has 102 valence electrons. The first-order valence-electron chi connectivity index (χ1n) is 6.10. The molecule has 0 saturated heterocycles. The number of aliphatic hydroxyl groups is 1. The summed E-state index contributed by atoms with van der Waals surface area (Å²) in [5.41, 5.74) is 3.17. The van der Waals surface area contributed by atoms with Gasteiger partial charge in [0.2, 0.25) is 5.91 Å². The Morgan fingerprint density at radius 1 is 1.25 bits per heavy atom. The van der Waals surface area contributed by atoms with Gasteiger partial charge in [-0.05, 0) is 35.4 Å². The van der Waals surface area contributed by atoms with Crippen molar-refractivity contribution in [3.63, 3.8) is 0 Å². The zero-order chi connectivity index (χ0) is 14.3. The summed E-state index contributed by atoms with van der Waals surface area (Å²) in [7, 11) is 0. The molecule has 1 aliphatic rings. The summed E-state index contributed by atoms with van der Waals surface area (Å²) in [6.45, 7) is 0. The molecule has 0 radical (unpaired) electrons. The molecule has 2 N–H and O–H groups in total. The number of aliphatic hydroxyl groups excluding tert-OH is 1. The lowest BCUT2D eigenvalue weighted by Gasteiger charge is -2.14. The van der Waals surface area contributed by atoms with Gasteiger partial charge in [-0.1, -0.05) is 39.7 Å². The third-order valence-corrected chi connectivity index (χ3v) is 4.28. The maximum absolute atomic E-state index is 11.4. The third kappa shape index (κ3) is 2.46. The van der Waals surface area contributed by atoms with Crippen LogP contribution >= 0.6 is 27.5 Å². The average molecular weight is 353 g/mol. The van der Waals surface area contributed by atoms with Crippen molar-refractivity contribution in [2.75, 3.05) is 5.32 Å². The lowest BCUT2D eigenvalue weighted by molar-refractivity contribution is -0.115. The number of amides is 1. The van der Waals surface area contributed by atoms with Gasteiger partial charge in [0.15, 0.2) is 0 Å². The number of fused-ring (bicyclic) bond motifs is 1. The number of rotatable bonds is 2. The highest BCUT2D eigenvalue weighted by molar-refractivity contribution is 9.10. The van der Waals surface area contributed by atoms with Gasteiger partial charge in [0.1, 0.15) is 6.10 Å². The molecular formula is C15H11BrClNO2. The van der Waals surface area contributed by atoms with E-state index in [-0.39, 0.29) is 5.91 Å². The van der Waals surface area contributed by atoms with Gasteiger partial charge in [-0.3, -0.25) is 4.79 Å². The molecule has 1 aliphatic heterocycles. The van der Waals surface area contributed by atoms with Crippen molar-refractivity contribution < 1.29 is 9.90 Å². The van der Waals surface area contributed by atoms with Crippen LogP contribution in [-0.2, 0) is 11.2 Å².